The van der Waals surface area contributed by atoms with E-state index in [4.69, 9.17) is 24.2 Å². The summed E-state index contributed by atoms with van der Waals surface area (Å²) >= 11 is 0. The van der Waals surface area contributed by atoms with E-state index in [1.54, 1.807) is 6.92 Å². The Hall–Kier alpha value is -5.70. The predicted octanol–water partition coefficient (Wildman–Crippen LogP) is 6.48. The standard InChI is InChI=1S/C45H56N8O7/c1-24(2)38(50-44(56)59-5)42(54)52-18-8-11-36(52)40-46-22-33(48-40)28-14-16-31-26(19-28)12-13-27-20-29(15-17-32(27)31)34-23-47-41(49-34)37-21-30-9-7-10-35(30)53(37)43(55)39(25(3)58-4)51-45(57)60-6/h14-17,19-20,22-25,30,35-39H,7-13,18,21H2,1-6H3,(H,46,48)(H,47,49)(H,50,56)(H,51,57)/t25-,30?,35-,36+,37+,38+,39+/m1/s1. The molecule has 2 aromatic heterocycles. The van der Waals surface area contributed by atoms with Crippen molar-refractivity contribution in [1.29, 1.82) is 0 Å². The minimum Gasteiger partial charge on any atom is -0.453 e. The molecule has 2 saturated heterocycles. The summed E-state index contributed by atoms with van der Waals surface area (Å²) in [6.07, 6.45) is 9.12. The molecule has 3 fully saturated rings. The lowest BCUT2D eigenvalue weighted by atomic mass is 9.83. The second-order valence-electron chi connectivity index (χ2n) is 17.0. The number of hydrogen-bond donors (Lipinski definition) is 4. The molecule has 1 saturated carbocycles. The van der Waals surface area contributed by atoms with Gasteiger partial charge < -0.3 is 44.6 Å². The average molecular weight is 821 g/mol. The first kappa shape index (κ1) is 41.1. The molecule has 2 aromatic carbocycles. The Morgan fingerprint density at radius 2 is 1.32 bits per heavy atom. The number of H-pyrrole nitrogens is 2. The van der Waals surface area contributed by atoms with Gasteiger partial charge in [-0.25, -0.2) is 19.6 Å². The van der Waals surface area contributed by atoms with Gasteiger partial charge in [-0.15, -0.1) is 0 Å². The quantitative estimate of drug-likeness (QED) is 0.132. The van der Waals surface area contributed by atoms with E-state index < -0.39 is 30.4 Å². The lowest BCUT2D eigenvalue weighted by Gasteiger charge is -2.34. The van der Waals surface area contributed by atoms with Gasteiger partial charge in [0.1, 0.15) is 23.7 Å². The van der Waals surface area contributed by atoms with Gasteiger partial charge in [-0.3, -0.25) is 9.59 Å². The van der Waals surface area contributed by atoms with Crippen molar-refractivity contribution >= 4 is 24.0 Å². The van der Waals surface area contributed by atoms with Gasteiger partial charge in [0.25, 0.3) is 0 Å². The number of hydrogen-bond acceptors (Lipinski definition) is 9. The summed E-state index contributed by atoms with van der Waals surface area (Å²) < 4.78 is 15.2. The molecular formula is C45H56N8O7. The van der Waals surface area contributed by atoms with Gasteiger partial charge in [0.15, 0.2) is 0 Å². The van der Waals surface area contributed by atoms with E-state index in [1.807, 2.05) is 36.0 Å². The van der Waals surface area contributed by atoms with Gasteiger partial charge in [0.2, 0.25) is 11.8 Å². The third kappa shape index (κ3) is 7.75. The lowest BCUT2D eigenvalue weighted by Crippen LogP contribution is -2.55. The number of nitrogens with zero attached hydrogens (tertiary/aromatic N) is 4. The van der Waals surface area contributed by atoms with Crippen molar-refractivity contribution in [2.75, 3.05) is 27.9 Å². The van der Waals surface area contributed by atoms with Crippen LogP contribution in [0.3, 0.4) is 0 Å². The molecule has 4 aliphatic rings. The smallest absolute Gasteiger partial charge is 0.407 e. The topological polar surface area (TPSA) is 184 Å². The van der Waals surface area contributed by atoms with Crippen molar-refractivity contribution in [2.24, 2.45) is 11.8 Å². The molecule has 318 valence electrons. The largest absolute Gasteiger partial charge is 0.453 e. The number of aryl methyl sites for hydroxylation is 2. The van der Waals surface area contributed by atoms with Gasteiger partial charge in [-0.05, 0) is 109 Å². The van der Waals surface area contributed by atoms with Gasteiger partial charge in [0.05, 0.1) is 56.2 Å². The van der Waals surface area contributed by atoms with Crippen molar-refractivity contribution in [3.05, 3.63) is 71.6 Å². The fraction of sp³-hybridized carbons (Fsp3) is 0.511. The van der Waals surface area contributed by atoms with E-state index in [0.717, 1.165) is 85.5 Å². The maximum absolute atomic E-state index is 14.2. The highest BCUT2D eigenvalue weighted by Gasteiger charge is 2.50. The maximum atomic E-state index is 14.2. The number of ether oxygens (including phenoxy) is 3. The van der Waals surface area contributed by atoms with Crippen molar-refractivity contribution < 1.29 is 33.4 Å². The number of aromatic amines is 2. The molecule has 2 aliphatic heterocycles. The first-order chi connectivity index (χ1) is 29.0. The molecule has 4 aromatic rings. The second-order valence-corrected chi connectivity index (χ2v) is 17.0. The van der Waals surface area contributed by atoms with Crippen LogP contribution < -0.4 is 10.6 Å². The highest BCUT2D eigenvalue weighted by atomic mass is 16.5. The number of aromatic nitrogens is 4. The fourth-order valence-electron chi connectivity index (χ4n) is 9.94. The zero-order chi connectivity index (χ0) is 42.2. The zero-order valence-electron chi connectivity index (χ0n) is 35.2. The molecule has 4 amide bonds. The third-order valence-corrected chi connectivity index (χ3v) is 13.2. The van der Waals surface area contributed by atoms with Crippen LogP contribution in [0.2, 0.25) is 0 Å². The summed E-state index contributed by atoms with van der Waals surface area (Å²) in [6, 6.07) is 11.1. The Kier molecular flexibility index (Phi) is 11.7. The summed E-state index contributed by atoms with van der Waals surface area (Å²) in [4.78, 5) is 72.6. The maximum Gasteiger partial charge on any atom is 0.407 e. The molecule has 2 aliphatic carbocycles. The van der Waals surface area contributed by atoms with Gasteiger partial charge in [-0.2, -0.15) is 0 Å². The third-order valence-electron chi connectivity index (χ3n) is 13.2. The molecular weight excluding hydrogens is 765 g/mol. The van der Waals surface area contributed by atoms with Gasteiger partial charge in [-0.1, -0.05) is 44.5 Å². The van der Waals surface area contributed by atoms with Crippen LogP contribution >= 0.6 is 0 Å². The van der Waals surface area contributed by atoms with Crippen LogP contribution in [0.1, 0.15) is 94.2 Å². The Bertz CT molecular complexity index is 2250. The minimum atomic E-state index is -0.891. The Morgan fingerprint density at radius 3 is 1.88 bits per heavy atom. The Morgan fingerprint density at radius 1 is 0.733 bits per heavy atom. The predicted molar refractivity (Wildman–Crippen MR) is 223 cm³/mol. The van der Waals surface area contributed by atoms with Crippen LogP contribution in [-0.4, -0.2) is 106 Å². The Balaban J connectivity index is 0.987. The summed E-state index contributed by atoms with van der Waals surface area (Å²) in [7, 11) is 4.11. The van der Waals surface area contributed by atoms with E-state index in [1.165, 1.54) is 43.6 Å². The monoisotopic (exact) mass is 820 g/mol. The molecule has 0 spiro atoms. The summed E-state index contributed by atoms with van der Waals surface area (Å²) in [6.45, 7) is 6.19. The highest BCUT2D eigenvalue weighted by Crippen LogP contribution is 2.48. The first-order valence-corrected chi connectivity index (χ1v) is 21.2. The minimum absolute atomic E-state index is 0.0795. The number of fused-ring (bicyclic) bond motifs is 4. The number of imidazole rings is 2. The summed E-state index contributed by atoms with van der Waals surface area (Å²) in [5, 5.41) is 5.43. The van der Waals surface area contributed by atoms with Crippen LogP contribution in [0.4, 0.5) is 9.59 Å². The van der Waals surface area contributed by atoms with E-state index in [0.29, 0.717) is 12.5 Å². The van der Waals surface area contributed by atoms with Crippen LogP contribution in [0, 0.1) is 11.8 Å². The number of alkyl carbamates (subject to hydrolysis) is 2. The van der Waals surface area contributed by atoms with Crippen LogP contribution in [0.25, 0.3) is 33.6 Å². The number of carbonyl (C=O) groups excluding carboxylic acids is 4. The molecule has 8 rings (SSSR count). The molecule has 4 heterocycles. The molecule has 4 N–H and O–H groups in total. The van der Waals surface area contributed by atoms with Gasteiger partial charge in [0, 0.05) is 19.7 Å². The number of rotatable bonds is 11. The number of carbonyl (C=O) groups is 4. The number of likely N-dealkylation sites (tertiary alicyclic amines) is 2. The van der Waals surface area contributed by atoms with Gasteiger partial charge >= 0.3 is 12.2 Å². The van der Waals surface area contributed by atoms with Crippen LogP contribution in [0.15, 0.2) is 48.8 Å². The number of methoxy groups -OCH3 is 3. The van der Waals surface area contributed by atoms with Crippen molar-refractivity contribution in [3.8, 4) is 33.6 Å². The fourth-order valence-corrected chi connectivity index (χ4v) is 9.94. The average Bonchev–Trinajstić information content (AvgIpc) is 4.12. The zero-order valence-corrected chi connectivity index (χ0v) is 35.2. The molecule has 7 atom stereocenters. The van der Waals surface area contributed by atoms with E-state index in [-0.39, 0.29) is 35.9 Å². The number of nitrogens with one attached hydrogen (secondary N) is 4. The molecule has 60 heavy (non-hydrogen) atoms. The molecule has 0 radical (unpaired) electrons. The second kappa shape index (κ2) is 17.1. The number of amides is 4. The highest BCUT2D eigenvalue weighted by molar-refractivity contribution is 5.88. The molecule has 15 heteroatoms. The first-order valence-electron chi connectivity index (χ1n) is 21.2. The van der Waals surface area contributed by atoms with Crippen molar-refractivity contribution in [3.63, 3.8) is 0 Å². The van der Waals surface area contributed by atoms with Crippen molar-refractivity contribution in [2.45, 2.75) is 108 Å². The van der Waals surface area contributed by atoms with E-state index in [2.05, 4.69) is 57.0 Å². The van der Waals surface area contributed by atoms with E-state index >= 15 is 0 Å². The normalized spacial score (nSPS) is 22.1. The molecule has 0 bridgehead atoms. The van der Waals surface area contributed by atoms with E-state index in [9.17, 15) is 19.2 Å². The molecule has 15 nitrogen and oxygen atoms in total. The lowest BCUT2D eigenvalue weighted by molar-refractivity contribution is -0.140. The van der Waals surface area contributed by atoms with Crippen LogP contribution in [-0.2, 0) is 36.6 Å². The summed E-state index contributed by atoms with van der Waals surface area (Å²) in [5.74, 6) is 1.43. The van der Waals surface area contributed by atoms with Crippen molar-refractivity contribution in [1.82, 2.24) is 40.4 Å². The molecule has 1 unspecified atom stereocenters. The van der Waals surface area contributed by atoms with Crippen LogP contribution in [0.5, 0.6) is 0 Å². The Labute approximate surface area is 350 Å². The number of benzene rings is 2. The SMILES string of the molecule is COC(=O)N[C@H](C(=O)N1CCC[C@H]1c1ncc(-c2ccc3c(c2)CCc2cc(-c4cnc([C@@H]5CC6CCC[C@H]6N5C(=O)[C@@H](NC(=O)OC)[C@@H](C)OC)[nH]4)ccc2-3)[nH]1)C(C)C. The summed E-state index contributed by atoms with van der Waals surface area (Å²) in [5.41, 5.74) is 8.79.